The summed E-state index contributed by atoms with van der Waals surface area (Å²) >= 11 is 0. The van der Waals surface area contributed by atoms with E-state index in [0.717, 1.165) is 75.6 Å². The molecule has 278 valence electrons. The van der Waals surface area contributed by atoms with Crippen LogP contribution < -0.4 is 10.2 Å². The topological polar surface area (TPSA) is 70.8 Å². The maximum Gasteiger partial charge on any atom is 2.00 e. The minimum absolute atomic E-state index is 0. The molecule has 0 aliphatic carbocycles. The maximum atomic E-state index is 11.4. The first kappa shape index (κ1) is 45.1. The molecular weight excluding hydrogens is 659 g/mol. The van der Waals surface area contributed by atoms with E-state index in [2.05, 4.69) is 84.9 Å². The van der Waals surface area contributed by atoms with Gasteiger partial charge in [-0.2, -0.15) is 0 Å². The zero-order valence-corrected chi connectivity index (χ0v) is 33.7. The van der Waals surface area contributed by atoms with Crippen LogP contribution in [0.1, 0.15) is 159 Å². The Morgan fingerprint density at radius 2 is 0.920 bits per heavy atom. The second-order valence-corrected chi connectivity index (χ2v) is 13.5. The molecule has 0 radical (unpaired) electrons. The molecule has 50 heavy (non-hydrogen) atoms. The molecule has 0 amide bonds. The Bertz CT molecular complexity index is 1420. The molecule has 5 heteroatoms. The van der Waals surface area contributed by atoms with Gasteiger partial charge >= 0.3 is 16.5 Å². The van der Waals surface area contributed by atoms with Gasteiger partial charge in [0.15, 0.2) is 0 Å². The van der Waals surface area contributed by atoms with Crippen molar-refractivity contribution in [3.05, 3.63) is 81.9 Å². The predicted octanol–water partition coefficient (Wildman–Crippen LogP) is 12.2. The summed E-state index contributed by atoms with van der Waals surface area (Å²) in [6, 6.07) is 17.3. The number of unbranched alkanes of at least 4 members (excludes halogenated alkanes) is 7. The molecule has 0 saturated heterocycles. The van der Waals surface area contributed by atoms with E-state index < -0.39 is 0 Å². The average Bonchev–Trinajstić information content (AvgIpc) is 3.12. The molecule has 4 nitrogen and oxygen atoms in total. The number of benzene rings is 3. The van der Waals surface area contributed by atoms with Crippen LogP contribution in [0.25, 0.3) is 0 Å². The van der Waals surface area contributed by atoms with Crippen LogP contribution in [0.15, 0.2) is 58.5 Å². The second kappa shape index (κ2) is 26.0. The Kier molecular flexibility index (Phi) is 23.4. The SMILES string of the molecule is CCCCCCCCC(=Nc1cc(CC)cc(CC)c1)C(CCCC)=Nc1cc(CC)cc(CC)c1.CCCCc1ccc(C)c([O-])c1[O-].[Ni+2]. The van der Waals surface area contributed by atoms with Crippen molar-refractivity contribution in [1.29, 1.82) is 0 Å². The Morgan fingerprint density at radius 3 is 1.36 bits per heavy atom. The van der Waals surface area contributed by atoms with Crippen LogP contribution in [0, 0.1) is 6.92 Å². The van der Waals surface area contributed by atoms with Gasteiger partial charge in [-0.05, 0) is 118 Å². The summed E-state index contributed by atoms with van der Waals surface area (Å²) in [6.07, 6.45) is 19.0. The quantitative estimate of drug-likeness (QED) is 0.0661. The first-order valence-electron chi connectivity index (χ1n) is 19.6. The third-order valence-corrected chi connectivity index (χ3v) is 9.29. The summed E-state index contributed by atoms with van der Waals surface area (Å²) in [5, 5.41) is 22.6. The van der Waals surface area contributed by atoms with E-state index >= 15 is 0 Å². The van der Waals surface area contributed by atoms with E-state index in [1.165, 1.54) is 78.6 Å². The maximum absolute atomic E-state index is 11.4. The molecule has 0 bridgehead atoms. The van der Waals surface area contributed by atoms with Crippen molar-refractivity contribution < 1.29 is 26.7 Å². The van der Waals surface area contributed by atoms with Crippen LogP contribution in [0.4, 0.5) is 11.4 Å². The van der Waals surface area contributed by atoms with E-state index in [4.69, 9.17) is 9.98 Å². The van der Waals surface area contributed by atoms with Gasteiger partial charge in [-0.15, -0.1) is 11.5 Å². The van der Waals surface area contributed by atoms with Gasteiger partial charge in [0, 0.05) is 0 Å². The number of nitrogens with zero attached hydrogens (tertiary/aromatic N) is 2. The molecule has 0 aliphatic rings. The molecular formula is C45H66N2NiO2. The minimum Gasteiger partial charge on any atom is -0.873 e. The van der Waals surface area contributed by atoms with Gasteiger partial charge in [-0.25, -0.2) is 0 Å². The minimum atomic E-state index is -0.339. The summed E-state index contributed by atoms with van der Waals surface area (Å²) in [7, 11) is 0. The van der Waals surface area contributed by atoms with Gasteiger partial charge in [0.1, 0.15) is 0 Å². The molecule has 0 N–H and O–H groups in total. The Labute approximate surface area is 316 Å². The monoisotopic (exact) mass is 724 g/mol. The van der Waals surface area contributed by atoms with E-state index in [1.54, 1.807) is 19.1 Å². The third kappa shape index (κ3) is 16.0. The molecule has 0 spiro atoms. The molecule has 0 heterocycles. The number of aliphatic imine (C=N–C) groups is 2. The fourth-order valence-electron chi connectivity index (χ4n) is 5.96. The number of rotatable bonds is 20. The molecule has 3 aromatic carbocycles. The second-order valence-electron chi connectivity index (χ2n) is 13.5. The van der Waals surface area contributed by atoms with Crippen LogP contribution in [0.3, 0.4) is 0 Å². The van der Waals surface area contributed by atoms with Crippen LogP contribution in [-0.2, 0) is 48.6 Å². The van der Waals surface area contributed by atoms with Crippen LogP contribution in [-0.4, -0.2) is 11.4 Å². The fraction of sp³-hybridized carbons (Fsp3) is 0.556. The number of hydrogen-bond acceptors (Lipinski definition) is 4. The van der Waals surface area contributed by atoms with Crippen molar-refractivity contribution in [3.8, 4) is 11.5 Å². The molecule has 0 aliphatic heterocycles. The molecule has 0 saturated carbocycles. The Balaban J connectivity index is 0.000000749. The third-order valence-electron chi connectivity index (χ3n) is 9.29. The van der Waals surface area contributed by atoms with Crippen molar-refractivity contribution >= 4 is 22.8 Å². The predicted molar refractivity (Wildman–Crippen MR) is 211 cm³/mol. The van der Waals surface area contributed by atoms with Gasteiger partial charge in [-0.3, -0.25) is 9.98 Å². The Hall–Kier alpha value is -2.91. The summed E-state index contributed by atoms with van der Waals surface area (Å²) in [5.41, 5.74) is 11.3. The normalized spacial score (nSPS) is 11.6. The molecule has 0 atom stereocenters. The first-order valence-corrected chi connectivity index (χ1v) is 19.6. The van der Waals surface area contributed by atoms with Crippen LogP contribution >= 0.6 is 0 Å². The Morgan fingerprint density at radius 1 is 0.500 bits per heavy atom. The van der Waals surface area contributed by atoms with Crippen molar-refractivity contribution in [3.63, 3.8) is 0 Å². The van der Waals surface area contributed by atoms with E-state index in [0.29, 0.717) is 11.1 Å². The summed E-state index contributed by atoms with van der Waals surface area (Å²) < 4.78 is 0. The number of aryl methyl sites for hydroxylation is 6. The fourth-order valence-corrected chi connectivity index (χ4v) is 5.96. The van der Waals surface area contributed by atoms with Crippen molar-refractivity contribution in [2.75, 3.05) is 0 Å². The van der Waals surface area contributed by atoms with Gasteiger partial charge in [0.05, 0.1) is 22.8 Å². The van der Waals surface area contributed by atoms with Gasteiger partial charge in [-0.1, -0.05) is 129 Å². The van der Waals surface area contributed by atoms with Gasteiger partial charge < -0.3 is 10.2 Å². The summed E-state index contributed by atoms with van der Waals surface area (Å²) in [5.74, 6) is -0.651. The molecule has 0 unspecified atom stereocenters. The van der Waals surface area contributed by atoms with Gasteiger partial charge in [0.2, 0.25) is 0 Å². The van der Waals surface area contributed by atoms with E-state index in [1.807, 2.05) is 0 Å². The average molecular weight is 726 g/mol. The summed E-state index contributed by atoms with van der Waals surface area (Å²) in [6.45, 7) is 17.2. The first-order chi connectivity index (χ1) is 23.7. The largest absolute Gasteiger partial charge is 2.00 e. The molecule has 3 aromatic rings. The summed E-state index contributed by atoms with van der Waals surface area (Å²) in [4.78, 5) is 10.6. The van der Waals surface area contributed by atoms with E-state index in [9.17, 15) is 10.2 Å². The molecule has 0 aromatic heterocycles. The zero-order valence-electron chi connectivity index (χ0n) is 32.7. The van der Waals surface area contributed by atoms with Crippen molar-refractivity contribution in [2.24, 2.45) is 9.98 Å². The smallest absolute Gasteiger partial charge is 0.873 e. The molecule has 0 fully saturated rings. The molecule has 3 rings (SSSR count). The van der Waals surface area contributed by atoms with Crippen LogP contribution in [0.2, 0.25) is 0 Å². The van der Waals surface area contributed by atoms with Gasteiger partial charge in [0.25, 0.3) is 0 Å². The standard InChI is InChI=1S/C34H52N2.C11H16O2.Ni/c1-7-13-15-16-17-18-20-34(36-32-25-29(11-5)22-30(12-6)26-32)33(19-14-8-2)35-31-23-27(9-3)21-28(10-4)24-31;1-3-4-5-9-7-6-8(2)10(12)11(9)13;/h21-26H,7-20H2,1-6H3;6-7,12-13H,3-5H2,1-2H3;/q;;+2/p-2. The van der Waals surface area contributed by atoms with Crippen molar-refractivity contribution in [1.82, 2.24) is 0 Å². The van der Waals surface area contributed by atoms with Crippen LogP contribution in [0.5, 0.6) is 11.5 Å². The zero-order chi connectivity index (χ0) is 36.0. The number of hydrogen-bond donors (Lipinski definition) is 0. The van der Waals surface area contributed by atoms with E-state index in [-0.39, 0.29) is 28.0 Å². The van der Waals surface area contributed by atoms with Crippen molar-refractivity contribution in [2.45, 2.75) is 165 Å².